The van der Waals surface area contributed by atoms with Crippen LogP contribution in [0.5, 0.6) is 0 Å². The molecule has 0 aromatic carbocycles. The molecule has 2 aromatic heterocycles. The van der Waals surface area contributed by atoms with Crippen molar-refractivity contribution in [3.63, 3.8) is 0 Å². The van der Waals surface area contributed by atoms with Crippen LogP contribution in [0.15, 0.2) is 35.1 Å². The van der Waals surface area contributed by atoms with Crippen molar-refractivity contribution in [3.05, 3.63) is 24.8 Å². The summed E-state index contributed by atoms with van der Waals surface area (Å²) in [6.07, 6.45) is 7.79. The van der Waals surface area contributed by atoms with Crippen LogP contribution < -0.4 is 60.1 Å². The SMILES string of the molecule is C[n+]1ccn(Cn2cc[n+](C)c2[S-])c1[S-].[Bi+3].[Br-].[Br-].[Br-]. The standard InChI is InChI=1S/C9H12N4S2.Bi.3BrH/c1-10-3-5-12(8(10)14)7-13-6-4-11(2)9(13)15;;;;/h3-6H,7H2,1-2H3;;3*1H/q;+3;;;/p-3. The second-order valence-electron chi connectivity index (χ2n) is 3.46. The molecule has 0 unspecified atom stereocenters. The Morgan fingerprint density at radius 1 is 0.895 bits per heavy atom. The molecule has 10 heteroatoms. The average Bonchev–Trinajstić information content (AvgIpc) is 2.68. The Hall–Kier alpha value is 1.18. The van der Waals surface area contributed by atoms with Gasteiger partial charge in [-0.25, -0.2) is 9.13 Å². The molecule has 0 fully saturated rings. The first-order valence-corrected chi connectivity index (χ1v) is 5.35. The molecule has 2 aromatic rings. The van der Waals surface area contributed by atoms with Gasteiger partial charge in [0.05, 0.1) is 14.1 Å². The molecule has 0 spiro atoms. The fourth-order valence-corrected chi connectivity index (χ4v) is 1.76. The van der Waals surface area contributed by atoms with Crippen LogP contribution in [0.1, 0.15) is 0 Å². The predicted octanol–water partition coefficient (Wildman–Crippen LogP) is -10.1. The van der Waals surface area contributed by atoms with Gasteiger partial charge in [-0.15, -0.1) is 0 Å². The van der Waals surface area contributed by atoms with Gasteiger partial charge in [-0.05, 0) is 0 Å². The van der Waals surface area contributed by atoms with Crippen molar-refractivity contribution in [2.45, 2.75) is 17.0 Å². The molecule has 0 aliphatic heterocycles. The van der Waals surface area contributed by atoms with Gasteiger partial charge in [0.1, 0.15) is 35.1 Å². The number of aromatic nitrogens is 4. The Labute approximate surface area is 174 Å². The number of hydrogen-bond donors (Lipinski definition) is 0. The first kappa shape index (κ1) is 25.2. The molecule has 0 aliphatic carbocycles. The molecule has 19 heavy (non-hydrogen) atoms. The van der Waals surface area contributed by atoms with Crippen molar-refractivity contribution in [2.24, 2.45) is 14.1 Å². The van der Waals surface area contributed by atoms with E-state index < -0.39 is 0 Å². The molecule has 0 saturated carbocycles. The van der Waals surface area contributed by atoms with E-state index in [9.17, 15) is 0 Å². The van der Waals surface area contributed by atoms with Crippen LogP contribution in [0.25, 0.3) is 0 Å². The molecular weight excluding hydrogens is 677 g/mol. The summed E-state index contributed by atoms with van der Waals surface area (Å²) in [5.74, 6) is 0. The van der Waals surface area contributed by atoms with Crippen LogP contribution in [0, 0.1) is 0 Å². The summed E-state index contributed by atoms with van der Waals surface area (Å²) in [4.78, 5) is 0. The average molecular weight is 689 g/mol. The minimum Gasteiger partial charge on any atom is -1.00 e. The molecule has 4 nitrogen and oxygen atoms in total. The van der Waals surface area contributed by atoms with Crippen LogP contribution in [-0.2, 0) is 46.0 Å². The zero-order valence-corrected chi connectivity index (χ0v) is 20.1. The minimum atomic E-state index is 0. The molecule has 2 rings (SSSR count). The summed E-state index contributed by atoms with van der Waals surface area (Å²) in [7, 11) is 3.87. The van der Waals surface area contributed by atoms with Gasteiger partial charge in [-0.2, -0.15) is 0 Å². The Morgan fingerprint density at radius 2 is 1.21 bits per heavy atom. The Bertz CT molecular complexity index is 459. The van der Waals surface area contributed by atoms with Gasteiger partial charge in [0.15, 0.2) is 0 Å². The summed E-state index contributed by atoms with van der Waals surface area (Å²) < 4.78 is 7.76. The van der Waals surface area contributed by atoms with E-state index >= 15 is 0 Å². The van der Waals surface area contributed by atoms with Crippen LogP contribution in [-0.4, -0.2) is 35.3 Å². The normalized spacial score (nSPS) is 8.53. The molecule has 2 radical (unpaired) electrons. The quantitative estimate of drug-likeness (QED) is 0.178. The van der Waals surface area contributed by atoms with Crippen LogP contribution in [0.2, 0.25) is 0 Å². The molecule has 0 bridgehead atoms. The molecule has 0 atom stereocenters. The largest absolute Gasteiger partial charge is 3.00 e. The van der Waals surface area contributed by atoms with E-state index in [1.165, 1.54) is 0 Å². The van der Waals surface area contributed by atoms with Crippen molar-refractivity contribution >= 4 is 51.5 Å². The van der Waals surface area contributed by atoms with Crippen molar-refractivity contribution in [1.29, 1.82) is 0 Å². The summed E-state index contributed by atoms with van der Waals surface area (Å²) >= 11 is 10.5. The number of halogens is 3. The van der Waals surface area contributed by atoms with Crippen molar-refractivity contribution < 1.29 is 60.1 Å². The zero-order chi connectivity index (χ0) is 11.0. The van der Waals surface area contributed by atoms with E-state index in [0.29, 0.717) is 6.67 Å². The van der Waals surface area contributed by atoms with E-state index in [-0.39, 0.29) is 77.1 Å². The zero-order valence-electron chi connectivity index (χ0n) is 10.2. The molecule has 2 heterocycles. The second kappa shape index (κ2) is 10.8. The first-order chi connectivity index (χ1) is 7.09. The fourth-order valence-electron chi connectivity index (χ4n) is 1.40. The number of nitrogens with zero attached hydrogens (tertiary/aromatic N) is 4. The number of imidazole rings is 2. The Morgan fingerprint density at radius 3 is 1.42 bits per heavy atom. The minimum absolute atomic E-state index is 0. The maximum Gasteiger partial charge on any atom is 3.00 e. The van der Waals surface area contributed by atoms with Crippen LogP contribution in [0.4, 0.5) is 0 Å². The van der Waals surface area contributed by atoms with Crippen molar-refractivity contribution in [3.8, 4) is 0 Å². The van der Waals surface area contributed by atoms with Gasteiger partial charge in [-0.3, -0.25) is 9.13 Å². The Balaban J connectivity index is -0.000000640. The van der Waals surface area contributed by atoms with Crippen molar-refractivity contribution in [2.75, 3.05) is 0 Å². The molecule has 0 saturated heterocycles. The summed E-state index contributed by atoms with van der Waals surface area (Å²) in [6.45, 7) is 0.666. The van der Waals surface area contributed by atoms with Gasteiger partial charge in [-0.1, -0.05) is 0 Å². The first-order valence-electron chi connectivity index (χ1n) is 4.53. The smallest absolute Gasteiger partial charge is 1.00 e. The maximum absolute atomic E-state index is 5.25. The third-order valence-corrected chi connectivity index (χ3v) is 3.38. The number of rotatable bonds is 2. The molecular formula is C9H12BiBr3N4S2. The van der Waals surface area contributed by atoms with Gasteiger partial charge in [0, 0.05) is 0 Å². The van der Waals surface area contributed by atoms with Gasteiger partial charge in [0.2, 0.25) is 6.67 Å². The monoisotopic (exact) mass is 686 g/mol. The summed E-state index contributed by atoms with van der Waals surface area (Å²) in [5, 5.41) is 1.58. The van der Waals surface area contributed by atoms with Gasteiger partial charge >= 0.3 is 26.2 Å². The van der Waals surface area contributed by atoms with E-state index in [0.717, 1.165) is 10.3 Å². The molecule has 0 N–H and O–H groups in total. The van der Waals surface area contributed by atoms with Crippen LogP contribution >= 0.6 is 0 Å². The van der Waals surface area contributed by atoms with E-state index in [1.54, 1.807) is 0 Å². The van der Waals surface area contributed by atoms with Gasteiger partial charge in [0.25, 0.3) is 0 Å². The molecule has 106 valence electrons. The fraction of sp³-hybridized carbons (Fsp3) is 0.333. The number of hydrogen-bond acceptors (Lipinski definition) is 2. The van der Waals surface area contributed by atoms with E-state index in [1.807, 2.05) is 57.2 Å². The third-order valence-electron chi connectivity index (χ3n) is 2.34. The third kappa shape index (κ3) is 5.82. The second-order valence-corrected chi connectivity index (χ2v) is 4.19. The van der Waals surface area contributed by atoms with E-state index in [2.05, 4.69) is 0 Å². The Kier molecular flexibility index (Phi) is 14.4. The molecule has 0 aliphatic rings. The molecule has 0 amide bonds. The predicted molar refractivity (Wildman–Crippen MR) is 63.6 cm³/mol. The van der Waals surface area contributed by atoms with Crippen LogP contribution in [0.3, 0.4) is 0 Å². The maximum atomic E-state index is 5.25. The summed E-state index contributed by atoms with van der Waals surface area (Å²) in [5.41, 5.74) is 0. The van der Waals surface area contributed by atoms with Gasteiger partial charge < -0.3 is 76.2 Å². The summed E-state index contributed by atoms with van der Waals surface area (Å²) in [6, 6.07) is 0. The van der Waals surface area contributed by atoms with Crippen molar-refractivity contribution in [1.82, 2.24) is 9.13 Å². The number of aryl methyl sites for hydroxylation is 2. The topological polar surface area (TPSA) is 17.6 Å². The van der Waals surface area contributed by atoms with E-state index in [4.69, 9.17) is 25.3 Å².